The van der Waals surface area contributed by atoms with E-state index in [2.05, 4.69) is 0 Å². The number of nitrogens with zero attached hydrogens (tertiary/aromatic N) is 1. The molecule has 5 atom stereocenters. The first-order valence-corrected chi connectivity index (χ1v) is 6.25. The predicted octanol–water partition coefficient (Wildman–Crippen LogP) is -2.31. The number of methoxy groups -OCH3 is 1. The van der Waals surface area contributed by atoms with Gasteiger partial charge in [0.2, 0.25) is 0 Å². The lowest BCUT2D eigenvalue weighted by atomic mass is 9.95. The van der Waals surface area contributed by atoms with E-state index in [1.54, 1.807) is 6.92 Å². The minimum absolute atomic E-state index is 0.415. The third-order valence-corrected chi connectivity index (χ3v) is 3.29. The average molecular weight is 263 g/mol. The summed E-state index contributed by atoms with van der Waals surface area (Å²) in [5.74, 6) is 0. The number of hydrogen-bond donors (Lipinski definition) is 4. The van der Waals surface area contributed by atoms with Crippen LogP contribution in [-0.4, -0.2) is 79.0 Å². The topological polar surface area (TPSA) is 114 Å². The van der Waals surface area contributed by atoms with Crippen LogP contribution in [0.15, 0.2) is 0 Å². The molecule has 0 bridgehead atoms. The lowest BCUT2D eigenvalue weighted by molar-refractivity contribution is -0.275. The summed E-state index contributed by atoms with van der Waals surface area (Å²) in [5.41, 5.74) is 11.1. The normalized spacial score (nSPS) is 37.2. The zero-order chi connectivity index (χ0) is 13.7. The highest BCUT2D eigenvalue weighted by Crippen LogP contribution is 2.25. The van der Waals surface area contributed by atoms with E-state index in [1.807, 2.05) is 4.90 Å². The maximum atomic E-state index is 10.2. The van der Waals surface area contributed by atoms with Gasteiger partial charge in [0.05, 0.1) is 18.2 Å². The van der Waals surface area contributed by atoms with Gasteiger partial charge in [-0.1, -0.05) is 0 Å². The molecule has 0 aromatic rings. The second-order valence-corrected chi connectivity index (χ2v) is 4.53. The molecule has 0 aliphatic carbocycles. The van der Waals surface area contributed by atoms with Gasteiger partial charge in [-0.3, -0.25) is 4.90 Å². The highest BCUT2D eigenvalue weighted by Gasteiger charge is 2.45. The number of rotatable bonds is 6. The summed E-state index contributed by atoms with van der Waals surface area (Å²) in [6.07, 6.45) is -2.89. The third kappa shape index (κ3) is 3.39. The van der Waals surface area contributed by atoms with Crippen LogP contribution in [0.1, 0.15) is 6.92 Å². The third-order valence-electron chi connectivity index (χ3n) is 3.29. The first kappa shape index (κ1) is 15.8. The van der Waals surface area contributed by atoms with Gasteiger partial charge in [-0.2, -0.15) is 0 Å². The van der Waals surface area contributed by atoms with Gasteiger partial charge in [-0.05, 0) is 6.92 Å². The second kappa shape index (κ2) is 7.34. The summed E-state index contributed by atoms with van der Waals surface area (Å²) in [6, 6.07) is -0.481. The van der Waals surface area contributed by atoms with Crippen molar-refractivity contribution in [3.63, 3.8) is 0 Å². The molecular formula is C11H25N3O4. The largest absolute Gasteiger partial charge is 0.389 e. The average Bonchev–Trinajstić information content (AvgIpc) is 2.34. The second-order valence-electron chi connectivity index (χ2n) is 4.53. The maximum absolute atomic E-state index is 10.2. The van der Waals surface area contributed by atoms with Crippen LogP contribution >= 0.6 is 0 Å². The number of aliphatic hydroxyl groups excluding tert-OH is 2. The Hall–Kier alpha value is -0.280. The van der Waals surface area contributed by atoms with Gasteiger partial charge in [0.1, 0.15) is 6.10 Å². The van der Waals surface area contributed by atoms with Crippen LogP contribution in [0.3, 0.4) is 0 Å². The van der Waals surface area contributed by atoms with Crippen molar-refractivity contribution in [2.45, 2.75) is 37.6 Å². The van der Waals surface area contributed by atoms with Crippen molar-refractivity contribution >= 4 is 0 Å². The summed E-state index contributed by atoms with van der Waals surface area (Å²) >= 11 is 0. The molecular weight excluding hydrogens is 238 g/mol. The summed E-state index contributed by atoms with van der Waals surface area (Å²) in [4.78, 5) is 1.89. The lowest BCUT2D eigenvalue weighted by Gasteiger charge is -2.46. The van der Waals surface area contributed by atoms with E-state index in [0.717, 1.165) is 0 Å². The van der Waals surface area contributed by atoms with Crippen LogP contribution in [0.4, 0.5) is 0 Å². The van der Waals surface area contributed by atoms with E-state index < -0.39 is 30.6 Å². The molecule has 0 spiro atoms. The van der Waals surface area contributed by atoms with Gasteiger partial charge < -0.3 is 31.2 Å². The molecule has 1 aliphatic heterocycles. The number of ether oxygens (including phenoxy) is 2. The van der Waals surface area contributed by atoms with Crippen molar-refractivity contribution in [3.05, 3.63) is 0 Å². The Morgan fingerprint density at radius 3 is 2.17 bits per heavy atom. The van der Waals surface area contributed by atoms with E-state index in [1.165, 1.54) is 7.11 Å². The molecule has 7 heteroatoms. The van der Waals surface area contributed by atoms with Crippen LogP contribution < -0.4 is 11.5 Å². The SMILES string of the molecule is CO[C@@H]1O[C@H](C)[C@@H](O)[C@H](N(CCN)CCN)[C@@H]1O. The molecule has 0 unspecified atom stereocenters. The zero-order valence-corrected chi connectivity index (χ0v) is 11.0. The fraction of sp³-hybridized carbons (Fsp3) is 1.00. The Morgan fingerprint density at radius 1 is 1.17 bits per heavy atom. The number of aliphatic hydroxyl groups is 2. The van der Waals surface area contributed by atoms with Crippen LogP contribution in [0, 0.1) is 0 Å². The molecule has 1 saturated heterocycles. The fourth-order valence-electron chi connectivity index (χ4n) is 2.38. The molecule has 1 aliphatic rings. The van der Waals surface area contributed by atoms with Gasteiger partial charge in [-0.25, -0.2) is 0 Å². The van der Waals surface area contributed by atoms with Crippen molar-refractivity contribution < 1.29 is 19.7 Å². The molecule has 1 heterocycles. The molecule has 1 rings (SSSR count). The lowest BCUT2D eigenvalue weighted by Crippen LogP contribution is -2.64. The minimum Gasteiger partial charge on any atom is -0.389 e. The Kier molecular flexibility index (Phi) is 6.44. The molecule has 0 radical (unpaired) electrons. The van der Waals surface area contributed by atoms with Gasteiger partial charge in [0.15, 0.2) is 6.29 Å². The van der Waals surface area contributed by atoms with E-state index in [4.69, 9.17) is 20.9 Å². The summed E-state index contributed by atoms with van der Waals surface area (Å²) in [5, 5.41) is 20.4. The van der Waals surface area contributed by atoms with Crippen molar-refractivity contribution in [2.24, 2.45) is 11.5 Å². The highest BCUT2D eigenvalue weighted by molar-refractivity contribution is 4.94. The monoisotopic (exact) mass is 263 g/mol. The first-order valence-electron chi connectivity index (χ1n) is 6.25. The Balaban J connectivity index is 2.84. The van der Waals surface area contributed by atoms with E-state index in [9.17, 15) is 10.2 Å². The van der Waals surface area contributed by atoms with Gasteiger partial charge in [-0.15, -0.1) is 0 Å². The van der Waals surface area contributed by atoms with Crippen molar-refractivity contribution in [1.82, 2.24) is 4.90 Å². The summed E-state index contributed by atoms with van der Waals surface area (Å²) in [7, 11) is 1.46. The minimum atomic E-state index is -0.931. The summed E-state index contributed by atoms with van der Waals surface area (Å²) < 4.78 is 10.5. The highest BCUT2D eigenvalue weighted by atomic mass is 16.7. The number of nitrogens with two attached hydrogens (primary N) is 2. The Labute approximate surface area is 108 Å². The van der Waals surface area contributed by atoms with Crippen LogP contribution in [0.5, 0.6) is 0 Å². The molecule has 0 aromatic carbocycles. The van der Waals surface area contributed by atoms with Crippen molar-refractivity contribution in [3.8, 4) is 0 Å². The fourth-order valence-corrected chi connectivity index (χ4v) is 2.38. The standard InChI is InChI=1S/C11H25N3O4/c1-7-9(15)8(10(16)11(17-2)18-7)14(5-3-12)6-4-13/h7-11,15-16H,3-6,12-13H2,1-2H3/t7-,8+,9-,10+,11-/m1/s1. The molecule has 1 fully saturated rings. The molecule has 6 N–H and O–H groups in total. The molecule has 0 amide bonds. The molecule has 7 nitrogen and oxygen atoms in total. The molecule has 18 heavy (non-hydrogen) atoms. The van der Waals surface area contributed by atoms with E-state index in [0.29, 0.717) is 26.2 Å². The van der Waals surface area contributed by atoms with Crippen molar-refractivity contribution in [1.29, 1.82) is 0 Å². The van der Waals surface area contributed by atoms with Gasteiger partial charge in [0.25, 0.3) is 0 Å². The van der Waals surface area contributed by atoms with Crippen LogP contribution in [0.25, 0.3) is 0 Å². The zero-order valence-electron chi connectivity index (χ0n) is 11.0. The first-order chi connectivity index (χ1) is 8.56. The molecule has 0 saturated carbocycles. The summed E-state index contributed by atoms with van der Waals surface area (Å²) in [6.45, 7) is 3.72. The van der Waals surface area contributed by atoms with Gasteiger partial charge >= 0.3 is 0 Å². The van der Waals surface area contributed by atoms with Crippen molar-refractivity contribution in [2.75, 3.05) is 33.3 Å². The Morgan fingerprint density at radius 2 is 1.72 bits per heavy atom. The molecule has 0 aromatic heterocycles. The maximum Gasteiger partial charge on any atom is 0.185 e. The number of hydrogen-bond acceptors (Lipinski definition) is 7. The Bertz CT molecular complexity index is 238. The quantitative estimate of drug-likeness (QED) is 0.425. The van der Waals surface area contributed by atoms with Gasteiger partial charge in [0, 0.05) is 33.3 Å². The van der Waals surface area contributed by atoms with Crippen LogP contribution in [-0.2, 0) is 9.47 Å². The molecule has 108 valence electrons. The predicted molar refractivity (Wildman–Crippen MR) is 66.8 cm³/mol. The van der Waals surface area contributed by atoms with E-state index in [-0.39, 0.29) is 0 Å². The van der Waals surface area contributed by atoms with E-state index >= 15 is 0 Å². The smallest absolute Gasteiger partial charge is 0.185 e. The van der Waals surface area contributed by atoms with Crippen LogP contribution in [0.2, 0.25) is 0 Å².